The van der Waals surface area contributed by atoms with Crippen LogP contribution in [0.3, 0.4) is 0 Å². The van der Waals surface area contributed by atoms with Gasteiger partial charge in [-0.3, -0.25) is 4.79 Å². The van der Waals surface area contributed by atoms with E-state index in [0.29, 0.717) is 18.2 Å². The van der Waals surface area contributed by atoms with Gasteiger partial charge in [0, 0.05) is 25.9 Å². The van der Waals surface area contributed by atoms with Gasteiger partial charge in [0.15, 0.2) is 11.6 Å². The lowest BCUT2D eigenvalue weighted by molar-refractivity contribution is 0.0950. The van der Waals surface area contributed by atoms with Crippen molar-refractivity contribution in [2.75, 3.05) is 0 Å². The zero-order valence-corrected chi connectivity index (χ0v) is 8.45. The van der Waals surface area contributed by atoms with E-state index in [9.17, 15) is 4.79 Å². The number of Topliss-reactive ketones (excluding diaryl/α,β-unsaturated/α-hetero) is 1. The van der Waals surface area contributed by atoms with E-state index in [1.165, 1.54) is 0 Å². The first-order valence-electron chi connectivity index (χ1n) is 4.65. The third kappa shape index (κ3) is 2.41. The summed E-state index contributed by atoms with van der Waals surface area (Å²) in [7, 11) is 1.84. The molecule has 1 aromatic rings. The Morgan fingerprint density at radius 1 is 1.69 bits per heavy atom. The number of hydrogen-bond donors (Lipinski definition) is 0. The van der Waals surface area contributed by atoms with Gasteiger partial charge in [0.1, 0.15) is 0 Å². The van der Waals surface area contributed by atoms with Gasteiger partial charge in [0.25, 0.3) is 0 Å². The highest BCUT2D eigenvalue weighted by atomic mass is 16.1. The van der Waals surface area contributed by atoms with Crippen LogP contribution in [0.25, 0.3) is 0 Å². The van der Waals surface area contributed by atoms with Crippen LogP contribution in [-0.4, -0.2) is 15.3 Å². The molecule has 0 saturated carbocycles. The van der Waals surface area contributed by atoms with Crippen LogP contribution in [0.5, 0.6) is 0 Å². The third-order valence-electron chi connectivity index (χ3n) is 2.30. The van der Waals surface area contributed by atoms with E-state index >= 15 is 0 Å². The van der Waals surface area contributed by atoms with Crippen molar-refractivity contribution in [1.82, 2.24) is 9.55 Å². The quantitative estimate of drug-likeness (QED) is 0.664. The molecule has 1 aromatic heterocycles. The second kappa shape index (κ2) is 4.21. The molecule has 0 N–H and O–H groups in total. The van der Waals surface area contributed by atoms with Gasteiger partial charge in [0.2, 0.25) is 0 Å². The van der Waals surface area contributed by atoms with Crippen molar-refractivity contribution >= 4 is 5.78 Å². The molecule has 1 atom stereocenters. The van der Waals surface area contributed by atoms with Crippen molar-refractivity contribution in [3.63, 3.8) is 0 Å². The summed E-state index contributed by atoms with van der Waals surface area (Å²) < 4.78 is 1.77. The first kappa shape index (κ1) is 9.96. The third-order valence-corrected chi connectivity index (χ3v) is 2.30. The number of aryl methyl sites for hydroxylation is 1. The van der Waals surface area contributed by atoms with E-state index in [4.69, 9.17) is 0 Å². The fourth-order valence-electron chi connectivity index (χ4n) is 1.19. The van der Waals surface area contributed by atoms with Gasteiger partial charge in [-0.05, 0) is 5.92 Å². The van der Waals surface area contributed by atoms with Crippen LogP contribution < -0.4 is 0 Å². The van der Waals surface area contributed by atoms with Crippen LogP contribution in [0.1, 0.15) is 37.3 Å². The number of aromatic nitrogens is 2. The smallest absolute Gasteiger partial charge is 0.198 e. The van der Waals surface area contributed by atoms with Crippen molar-refractivity contribution in [3.05, 3.63) is 18.2 Å². The minimum Gasteiger partial charge on any atom is -0.332 e. The number of nitrogens with zero attached hydrogens (tertiary/aromatic N) is 2. The minimum absolute atomic E-state index is 0.141. The Bertz CT molecular complexity index is 291. The number of rotatable bonds is 4. The van der Waals surface area contributed by atoms with Gasteiger partial charge in [-0.15, -0.1) is 0 Å². The Morgan fingerprint density at radius 2 is 2.38 bits per heavy atom. The standard InChI is InChI=1S/C10H16N2O/c1-4-8(2)7-9(13)10-11-5-6-12(10)3/h5-6,8H,4,7H2,1-3H3. The molecule has 0 aromatic carbocycles. The molecular formula is C10H16N2O. The van der Waals surface area contributed by atoms with Crippen molar-refractivity contribution < 1.29 is 4.79 Å². The van der Waals surface area contributed by atoms with Gasteiger partial charge < -0.3 is 4.57 Å². The van der Waals surface area contributed by atoms with E-state index < -0.39 is 0 Å². The van der Waals surface area contributed by atoms with Crippen molar-refractivity contribution in [1.29, 1.82) is 0 Å². The maximum Gasteiger partial charge on any atom is 0.198 e. The van der Waals surface area contributed by atoms with Crippen LogP contribution >= 0.6 is 0 Å². The maximum absolute atomic E-state index is 11.6. The molecule has 0 saturated heterocycles. The summed E-state index contributed by atoms with van der Waals surface area (Å²) in [6.45, 7) is 4.18. The molecule has 0 aliphatic rings. The van der Waals surface area contributed by atoms with E-state index in [2.05, 4.69) is 18.8 Å². The summed E-state index contributed by atoms with van der Waals surface area (Å²) in [5.41, 5.74) is 0. The molecule has 72 valence electrons. The Labute approximate surface area is 78.8 Å². The monoisotopic (exact) mass is 180 g/mol. The zero-order valence-electron chi connectivity index (χ0n) is 8.45. The number of carbonyl (C=O) groups excluding carboxylic acids is 1. The average Bonchev–Trinajstić information content (AvgIpc) is 2.51. The molecule has 1 rings (SSSR count). The van der Waals surface area contributed by atoms with Crippen LogP contribution in [0.2, 0.25) is 0 Å². The molecule has 3 nitrogen and oxygen atoms in total. The molecule has 0 fully saturated rings. The molecule has 1 unspecified atom stereocenters. The molecule has 0 amide bonds. The topological polar surface area (TPSA) is 34.9 Å². The largest absolute Gasteiger partial charge is 0.332 e. The van der Waals surface area contributed by atoms with Gasteiger partial charge in [-0.25, -0.2) is 4.98 Å². The Hall–Kier alpha value is -1.12. The fraction of sp³-hybridized carbons (Fsp3) is 0.600. The van der Waals surface area contributed by atoms with Crippen LogP contribution in [0.15, 0.2) is 12.4 Å². The molecule has 0 spiro atoms. The van der Waals surface area contributed by atoms with E-state index in [1.807, 2.05) is 7.05 Å². The number of carbonyl (C=O) groups is 1. The summed E-state index contributed by atoms with van der Waals surface area (Å²) >= 11 is 0. The highest BCUT2D eigenvalue weighted by molar-refractivity contribution is 5.92. The van der Waals surface area contributed by atoms with Gasteiger partial charge in [-0.2, -0.15) is 0 Å². The average molecular weight is 180 g/mol. The van der Waals surface area contributed by atoms with Crippen molar-refractivity contribution in [2.45, 2.75) is 26.7 Å². The molecule has 0 aliphatic carbocycles. The lowest BCUT2D eigenvalue weighted by Gasteiger charge is -2.06. The predicted molar refractivity (Wildman–Crippen MR) is 51.6 cm³/mol. The Kier molecular flexibility index (Phi) is 3.23. The number of hydrogen-bond acceptors (Lipinski definition) is 2. The normalized spacial score (nSPS) is 12.8. The summed E-state index contributed by atoms with van der Waals surface area (Å²) in [5, 5.41) is 0. The second-order valence-electron chi connectivity index (χ2n) is 3.50. The molecule has 0 radical (unpaired) electrons. The first-order valence-corrected chi connectivity index (χ1v) is 4.65. The molecule has 3 heteroatoms. The van der Waals surface area contributed by atoms with Crippen LogP contribution in [0, 0.1) is 5.92 Å². The minimum atomic E-state index is 0.141. The van der Waals surface area contributed by atoms with Gasteiger partial charge in [-0.1, -0.05) is 20.3 Å². The van der Waals surface area contributed by atoms with E-state index in [-0.39, 0.29) is 5.78 Å². The van der Waals surface area contributed by atoms with E-state index in [1.54, 1.807) is 17.0 Å². The summed E-state index contributed by atoms with van der Waals surface area (Å²) in [6, 6.07) is 0. The summed E-state index contributed by atoms with van der Waals surface area (Å²) in [5.74, 6) is 1.16. The van der Waals surface area contributed by atoms with E-state index in [0.717, 1.165) is 6.42 Å². The number of ketones is 1. The predicted octanol–water partition coefficient (Wildman–Crippen LogP) is 2.04. The molecule has 1 heterocycles. The Balaban J connectivity index is 2.64. The number of imidazole rings is 1. The fourth-order valence-corrected chi connectivity index (χ4v) is 1.19. The highest BCUT2D eigenvalue weighted by Gasteiger charge is 2.13. The van der Waals surface area contributed by atoms with Crippen LogP contribution in [-0.2, 0) is 7.05 Å². The molecule has 0 aliphatic heterocycles. The summed E-state index contributed by atoms with van der Waals surface area (Å²) in [6.07, 6.45) is 5.09. The first-order chi connectivity index (χ1) is 6.15. The second-order valence-corrected chi connectivity index (χ2v) is 3.50. The van der Waals surface area contributed by atoms with Crippen LogP contribution in [0.4, 0.5) is 0 Å². The van der Waals surface area contributed by atoms with Gasteiger partial charge in [0.05, 0.1) is 0 Å². The van der Waals surface area contributed by atoms with Gasteiger partial charge >= 0.3 is 0 Å². The lowest BCUT2D eigenvalue weighted by atomic mass is 10.0. The maximum atomic E-state index is 11.6. The SMILES string of the molecule is CCC(C)CC(=O)c1nccn1C. The lowest BCUT2D eigenvalue weighted by Crippen LogP contribution is -2.10. The zero-order chi connectivity index (χ0) is 9.84. The van der Waals surface area contributed by atoms with Crippen molar-refractivity contribution in [2.24, 2.45) is 13.0 Å². The van der Waals surface area contributed by atoms with Crippen molar-refractivity contribution in [3.8, 4) is 0 Å². The molecular weight excluding hydrogens is 164 g/mol. The molecule has 13 heavy (non-hydrogen) atoms. The highest BCUT2D eigenvalue weighted by Crippen LogP contribution is 2.10. The Morgan fingerprint density at radius 3 is 2.85 bits per heavy atom. The molecule has 0 bridgehead atoms. The summed E-state index contributed by atoms with van der Waals surface area (Å²) in [4.78, 5) is 15.6.